The molecule has 0 aliphatic carbocycles. The molecule has 0 spiro atoms. The Hall–Kier alpha value is -1.38. The molecule has 0 aliphatic rings. The predicted molar refractivity (Wildman–Crippen MR) is 81.2 cm³/mol. The number of fused-ring (bicyclic) bond motifs is 1. The maximum absolute atomic E-state index is 6.47. The number of benzene rings is 2. The van der Waals surface area contributed by atoms with Crippen LogP contribution in [0.25, 0.3) is 10.8 Å². The van der Waals surface area contributed by atoms with Gasteiger partial charge in [0, 0.05) is 7.11 Å². The van der Waals surface area contributed by atoms with Crippen LogP contribution in [-0.4, -0.2) is 12.7 Å². The number of methoxy groups -OCH3 is 1. The van der Waals surface area contributed by atoms with Gasteiger partial charge in [-0.25, -0.2) is 0 Å². The summed E-state index contributed by atoms with van der Waals surface area (Å²) < 4.78 is 5.74. The highest BCUT2D eigenvalue weighted by Crippen LogP contribution is 2.34. The lowest BCUT2D eigenvalue weighted by Crippen LogP contribution is -2.42. The maximum Gasteiger partial charge on any atom is 0.0865 e. The molecule has 2 nitrogen and oxygen atoms in total. The monoisotopic (exact) mass is 257 g/mol. The van der Waals surface area contributed by atoms with Crippen LogP contribution in [0, 0.1) is 0 Å². The van der Waals surface area contributed by atoms with Crippen molar-refractivity contribution in [2.45, 2.75) is 38.3 Å². The van der Waals surface area contributed by atoms with Crippen LogP contribution in [0.3, 0.4) is 0 Å². The summed E-state index contributed by atoms with van der Waals surface area (Å²) >= 11 is 0. The minimum Gasteiger partial charge on any atom is -0.376 e. The van der Waals surface area contributed by atoms with Gasteiger partial charge in [0.2, 0.25) is 0 Å². The van der Waals surface area contributed by atoms with Gasteiger partial charge < -0.3 is 10.5 Å². The van der Waals surface area contributed by atoms with Crippen LogP contribution in [0.15, 0.2) is 42.5 Å². The average Bonchev–Trinajstić information content (AvgIpc) is 2.49. The first-order valence-corrected chi connectivity index (χ1v) is 6.96. The Kier molecular flexibility index (Phi) is 4.23. The standard InChI is InChI=1S/C17H23NO/c1-4-17(5-2,19-3)16(18)15-11-10-13-8-6-7-9-14(13)12-15/h6-12,16H,4-5,18H2,1-3H3. The van der Waals surface area contributed by atoms with Gasteiger partial charge >= 0.3 is 0 Å². The van der Waals surface area contributed by atoms with Crippen molar-refractivity contribution in [3.05, 3.63) is 48.0 Å². The molecule has 0 fully saturated rings. The zero-order valence-corrected chi connectivity index (χ0v) is 12.0. The van der Waals surface area contributed by atoms with Crippen LogP contribution in [0.5, 0.6) is 0 Å². The molecule has 0 saturated heterocycles. The molecule has 0 bridgehead atoms. The topological polar surface area (TPSA) is 35.2 Å². The SMILES string of the molecule is CCC(CC)(OC)C(N)c1ccc2ccccc2c1. The molecular weight excluding hydrogens is 234 g/mol. The van der Waals surface area contributed by atoms with Crippen molar-refractivity contribution in [3.63, 3.8) is 0 Å². The number of ether oxygens (including phenoxy) is 1. The molecule has 0 amide bonds. The molecule has 2 heteroatoms. The minimum atomic E-state index is -0.275. The van der Waals surface area contributed by atoms with E-state index in [-0.39, 0.29) is 11.6 Å². The Balaban J connectivity index is 2.43. The molecule has 1 atom stereocenters. The molecule has 0 aliphatic heterocycles. The zero-order valence-electron chi connectivity index (χ0n) is 12.0. The molecule has 2 rings (SSSR count). The van der Waals surface area contributed by atoms with E-state index in [1.165, 1.54) is 10.8 Å². The summed E-state index contributed by atoms with van der Waals surface area (Å²) in [7, 11) is 1.76. The Morgan fingerprint density at radius 3 is 2.26 bits per heavy atom. The van der Waals surface area contributed by atoms with E-state index in [1.54, 1.807) is 7.11 Å². The molecule has 19 heavy (non-hydrogen) atoms. The van der Waals surface area contributed by atoms with Gasteiger partial charge in [-0.05, 0) is 35.2 Å². The number of hydrogen-bond donors (Lipinski definition) is 1. The predicted octanol–water partition coefficient (Wildman–Crippen LogP) is 4.04. The summed E-state index contributed by atoms with van der Waals surface area (Å²) in [5, 5.41) is 2.47. The first-order chi connectivity index (χ1) is 9.16. The first kappa shape index (κ1) is 14.0. The fraction of sp³-hybridized carbons (Fsp3) is 0.412. The Morgan fingerprint density at radius 1 is 1.05 bits per heavy atom. The summed E-state index contributed by atoms with van der Waals surface area (Å²) in [6, 6.07) is 14.7. The number of hydrogen-bond acceptors (Lipinski definition) is 2. The molecular formula is C17H23NO. The normalized spacial score (nSPS) is 13.7. The fourth-order valence-corrected chi connectivity index (χ4v) is 2.81. The van der Waals surface area contributed by atoms with Gasteiger partial charge in [-0.2, -0.15) is 0 Å². The molecule has 0 saturated carbocycles. The van der Waals surface area contributed by atoms with Crippen molar-refractivity contribution >= 4 is 10.8 Å². The molecule has 102 valence electrons. The minimum absolute atomic E-state index is 0.0999. The number of nitrogens with two attached hydrogens (primary N) is 1. The van der Waals surface area contributed by atoms with Crippen LogP contribution in [0.2, 0.25) is 0 Å². The van der Waals surface area contributed by atoms with Crippen molar-refractivity contribution in [1.82, 2.24) is 0 Å². The lowest BCUT2D eigenvalue weighted by atomic mass is 9.84. The lowest BCUT2D eigenvalue weighted by molar-refractivity contribution is -0.0385. The maximum atomic E-state index is 6.47. The van der Waals surface area contributed by atoms with Gasteiger partial charge in [-0.3, -0.25) is 0 Å². The summed E-state index contributed by atoms with van der Waals surface area (Å²) in [5.74, 6) is 0. The zero-order chi connectivity index (χ0) is 13.9. The van der Waals surface area contributed by atoms with E-state index in [0.29, 0.717) is 0 Å². The van der Waals surface area contributed by atoms with Crippen LogP contribution in [0.4, 0.5) is 0 Å². The van der Waals surface area contributed by atoms with Crippen LogP contribution in [-0.2, 0) is 4.74 Å². The second kappa shape index (κ2) is 5.72. The van der Waals surface area contributed by atoms with Gasteiger partial charge in [-0.1, -0.05) is 50.2 Å². The second-order valence-corrected chi connectivity index (χ2v) is 5.06. The van der Waals surface area contributed by atoms with E-state index in [1.807, 2.05) is 0 Å². The van der Waals surface area contributed by atoms with E-state index < -0.39 is 0 Å². The fourth-order valence-electron chi connectivity index (χ4n) is 2.81. The van der Waals surface area contributed by atoms with Crippen molar-refractivity contribution in [2.75, 3.05) is 7.11 Å². The number of rotatable bonds is 5. The molecule has 2 aromatic carbocycles. The third-order valence-corrected chi connectivity index (χ3v) is 4.30. The van der Waals surface area contributed by atoms with E-state index in [9.17, 15) is 0 Å². The Labute approximate surface area is 115 Å². The van der Waals surface area contributed by atoms with E-state index in [4.69, 9.17) is 10.5 Å². The first-order valence-electron chi connectivity index (χ1n) is 6.96. The molecule has 0 radical (unpaired) electrons. The molecule has 0 heterocycles. The van der Waals surface area contributed by atoms with Crippen molar-refractivity contribution < 1.29 is 4.74 Å². The quantitative estimate of drug-likeness (QED) is 0.877. The lowest BCUT2D eigenvalue weighted by Gasteiger charge is -2.36. The van der Waals surface area contributed by atoms with Gasteiger partial charge in [-0.15, -0.1) is 0 Å². The van der Waals surface area contributed by atoms with E-state index in [2.05, 4.69) is 56.3 Å². The Morgan fingerprint density at radius 2 is 1.68 bits per heavy atom. The summed E-state index contributed by atoms with van der Waals surface area (Å²) in [6.07, 6.45) is 1.82. The van der Waals surface area contributed by atoms with Gasteiger partial charge in [0.25, 0.3) is 0 Å². The average molecular weight is 257 g/mol. The molecule has 1 unspecified atom stereocenters. The van der Waals surface area contributed by atoms with Gasteiger partial charge in [0.1, 0.15) is 0 Å². The molecule has 2 aromatic rings. The Bertz CT molecular complexity index is 537. The van der Waals surface area contributed by atoms with Crippen LogP contribution < -0.4 is 5.73 Å². The van der Waals surface area contributed by atoms with Crippen molar-refractivity contribution in [3.8, 4) is 0 Å². The second-order valence-electron chi connectivity index (χ2n) is 5.06. The smallest absolute Gasteiger partial charge is 0.0865 e. The van der Waals surface area contributed by atoms with Crippen molar-refractivity contribution in [2.24, 2.45) is 5.73 Å². The summed E-state index contributed by atoms with van der Waals surface area (Å²) in [4.78, 5) is 0. The summed E-state index contributed by atoms with van der Waals surface area (Å²) in [6.45, 7) is 4.27. The largest absolute Gasteiger partial charge is 0.376 e. The third kappa shape index (κ3) is 2.51. The van der Waals surface area contributed by atoms with Crippen LogP contribution >= 0.6 is 0 Å². The van der Waals surface area contributed by atoms with Crippen molar-refractivity contribution in [1.29, 1.82) is 0 Å². The highest BCUT2D eigenvalue weighted by Gasteiger charge is 2.34. The van der Waals surface area contributed by atoms with Gasteiger partial charge in [0.15, 0.2) is 0 Å². The van der Waals surface area contributed by atoms with Crippen LogP contribution in [0.1, 0.15) is 38.3 Å². The van der Waals surface area contributed by atoms with Gasteiger partial charge in [0.05, 0.1) is 11.6 Å². The third-order valence-electron chi connectivity index (χ3n) is 4.30. The van der Waals surface area contributed by atoms with E-state index in [0.717, 1.165) is 18.4 Å². The molecule has 0 aromatic heterocycles. The van der Waals surface area contributed by atoms with E-state index >= 15 is 0 Å². The summed E-state index contributed by atoms with van der Waals surface area (Å²) in [5.41, 5.74) is 7.34. The molecule has 2 N–H and O–H groups in total. The highest BCUT2D eigenvalue weighted by atomic mass is 16.5. The highest BCUT2D eigenvalue weighted by molar-refractivity contribution is 5.83.